The molecule has 12 nitrogen and oxygen atoms in total. The van der Waals surface area contributed by atoms with Crippen LogP contribution in [0, 0.1) is 46.8 Å². The molecular weight excluding hydrogens is 1010 g/mol. The minimum absolute atomic E-state index is 0.00704. The van der Waals surface area contributed by atoms with Gasteiger partial charge in [-0.05, 0) is 181 Å². The summed E-state index contributed by atoms with van der Waals surface area (Å²) in [5.74, 6) is 5.43. The first-order chi connectivity index (χ1) is 39.2. The van der Waals surface area contributed by atoms with Crippen LogP contribution in [0.1, 0.15) is 156 Å². The summed E-state index contributed by atoms with van der Waals surface area (Å²) in [5, 5.41) is 72.5. The molecule has 81 heavy (non-hydrogen) atoms. The summed E-state index contributed by atoms with van der Waals surface area (Å²) in [6, 6.07) is 25.5. The van der Waals surface area contributed by atoms with Crippen molar-refractivity contribution in [3.05, 3.63) is 142 Å². The summed E-state index contributed by atoms with van der Waals surface area (Å²) in [5.41, 5.74) is 6.90. The number of β-amino-alcohol motifs (C(OH)–C–C–N with tert-alkyl or cyclic N) is 1. The first kappa shape index (κ1) is 56.5. The van der Waals surface area contributed by atoms with E-state index in [1.807, 2.05) is 60.7 Å². The molecule has 2 spiro atoms. The third-order valence-electron chi connectivity index (χ3n) is 20.2. The van der Waals surface area contributed by atoms with Crippen molar-refractivity contribution in [3.8, 4) is 29.1 Å². The summed E-state index contributed by atoms with van der Waals surface area (Å²) in [7, 11) is 1.49. The molecule has 0 radical (unpaired) electrons. The smallest absolute Gasteiger partial charge is 0.173 e. The average Bonchev–Trinajstić information content (AvgIpc) is 4.25. The van der Waals surface area contributed by atoms with Crippen molar-refractivity contribution in [2.24, 2.45) is 35.0 Å². The van der Waals surface area contributed by atoms with E-state index in [0.29, 0.717) is 62.7 Å². The Labute approximate surface area is 478 Å². The number of carbonyl (C=O) groups excluding carboxylic acids is 2. The molecule has 9 bridgehead atoms. The van der Waals surface area contributed by atoms with Gasteiger partial charge in [0.25, 0.3) is 0 Å². The van der Waals surface area contributed by atoms with Gasteiger partial charge in [-0.25, -0.2) is 0 Å². The van der Waals surface area contributed by atoms with Gasteiger partial charge < -0.3 is 51.2 Å². The largest absolute Gasteiger partial charge is 0.507 e. The van der Waals surface area contributed by atoms with E-state index in [0.717, 1.165) is 88.9 Å². The number of aryl methyl sites for hydroxylation is 1. The molecule has 1 aromatic heterocycles. The van der Waals surface area contributed by atoms with E-state index in [-0.39, 0.29) is 59.2 Å². The SMILES string of the molecule is CCCC1C2CC(CC3=CCNC(=C3)Nc3ccc4ccc(c(O)c4c3)CC(O)CNCC(C)c3c[nH]c(c3)C3(CCC4(CCCC4)CC3)C1O)CC1C#CC(c3ccccc3)c3cc(O)c(OC)cc3CCC(=O)C(O)C(=O)C1C2. The predicted molar refractivity (Wildman–Crippen MR) is 318 cm³/mol. The quantitative estimate of drug-likeness (QED) is 0.0614. The summed E-state index contributed by atoms with van der Waals surface area (Å²) < 4.78 is 5.56. The van der Waals surface area contributed by atoms with Gasteiger partial charge >= 0.3 is 0 Å². The minimum atomic E-state index is -1.84. The number of hydrogen-bond donors (Lipinski definition) is 9. The van der Waals surface area contributed by atoms with Crippen LogP contribution in [0.15, 0.2) is 109 Å². The van der Waals surface area contributed by atoms with Gasteiger partial charge in [-0.15, -0.1) is 0 Å². The van der Waals surface area contributed by atoms with E-state index in [2.05, 4.69) is 71.0 Å². The second-order valence-electron chi connectivity index (χ2n) is 25.3. The first-order valence-corrected chi connectivity index (χ1v) is 30.4. The van der Waals surface area contributed by atoms with Crippen molar-refractivity contribution < 1.29 is 39.9 Å². The Morgan fingerprint density at radius 2 is 1.59 bits per heavy atom. The molecule has 0 saturated heterocycles. The van der Waals surface area contributed by atoms with Crippen molar-refractivity contribution in [1.82, 2.24) is 15.6 Å². The number of H-pyrrole nitrogens is 1. The number of aromatic hydroxyl groups is 2. The van der Waals surface area contributed by atoms with Crippen LogP contribution in [0.5, 0.6) is 17.2 Å². The summed E-state index contributed by atoms with van der Waals surface area (Å²) >= 11 is 0. The topological polar surface area (TPSA) is 196 Å². The number of nitrogens with one attached hydrogen (secondary N) is 4. The van der Waals surface area contributed by atoms with Gasteiger partial charge in [0.15, 0.2) is 29.2 Å². The van der Waals surface area contributed by atoms with E-state index in [1.54, 1.807) is 12.1 Å². The second-order valence-corrected chi connectivity index (χ2v) is 25.3. The number of fused-ring (bicyclic) bond motifs is 10. The Kier molecular flexibility index (Phi) is 16.9. The van der Waals surface area contributed by atoms with Crippen molar-refractivity contribution in [3.63, 3.8) is 0 Å². The van der Waals surface area contributed by atoms with Crippen LogP contribution >= 0.6 is 0 Å². The Balaban J connectivity index is 1.04. The molecule has 9 N–H and O–H groups in total. The fourth-order valence-electron chi connectivity index (χ4n) is 15.6. The number of phenols is 2. The molecule has 10 atom stereocenters. The molecule has 10 unspecified atom stereocenters. The average molecular weight is 1100 g/mol. The number of benzene rings is 4. The second kappa shape index (κ2) is 24.2. The molecule has 12 heteroatoms. The Bertz CT molecular complexity index is 3210. The van der Waals surface area contributed by atoms with E-state index in [1.165, 1.54) is 32.8 Å². The van der Waals surface area contributed by atoms with E-state index < -0.39 is 53.0 Å². The number of aliphatic hydroxyl groups is 3. The van der Waals surface area contributed by atoms with Crippen molar-refractivity contribution in [2.45, 2.75) is 159 Å². The third kappa shape index (κ3) is 11.8. The Morgan fingerprint density at radius 3 is 2.37 bits per heavy atom. The molecule has 3 fully saturated rings. The maximum atomic E-state index is 15.4. The molecule has 4 aromatic carbocycles. The van der Waals surface area contributed by atoms with Gasteiger partial charge in [-0.2, -0.15) is 0 Å². The number of carbonyl (C=O) groups is 2. The van der Waals surface area contributed by atoms with Crippen LogP contribution in [0.25, 0.3) is 10.8 Å². The summed E-state index contributed by atoms with van der Waals surface area (Å²) in [6.07, 6.45) is 16.1. The van der Waals surface area contributed by atoms with Gasteiger partial charge in [0.1, 0.15) is 11.6 Å². The number of phenolic OH excluding ortho intramolecular Hbond substituents is 2. The number of aliphatic hydroxyl groups excluding tert-OH is 3. The highest BCUT2D eigenvalue weighted by Gasteiger charge is 2.53. The van der Waals surface area contributed by atoms with Crippen LogP contribution < -0.4 is 20.7 Å². The number of aromatic amines is 1. The maximum Gasteiger partial charge on any atom is 0.173 e. The van der Waals surface area contributed by atoms with E-state index in [4.69, 9.17) is 4.74 Å². The maximum absolute atomic E-state index is 15.4. The number of rotatable bonds is 4. The summed E-state index contributed by atoms with van der Waals surface area (Å²) in [4.78, 5) is 33.5. The van der Waals surface area contributed by atoms with Gasteiger partial charge in [0.2, 0.25) is 0 Å². The molecule has 3 saturated carbocycles. The van der Waals surface area contributed by atoms with E-state index >= 15 is 4.79 Å². The third-order valence-corrected chi connectivity index (χ3v) is 20.2. The zero-order valence-corrected chi connectivity index (χ0v) is 47.6. The lowest BCUT2D eigenvalue weighted by atomic mass is 9.56. The number of hydrogen-bond acceptors (Lipinski definition) is 11. The monoisotopic (exact) mass is 1100 g/mol. The highest BCUT2D eigenvalue weighted by atomic mass is 16.5. The normalized spacial score (nSPS) is 29.0. The molecule has 5 aromatic rings. The van der Waals surface area contributed by atoms with Crippen LogP contribution in [0.2, 0.25) is 0 Å². The summed E-state index contributed by atoms with van der Waals surface area (Å²) in [6.45, 7) is 5.93. The number of anilines is 1. The van der Waals surface area contributed by atoms with Crippen molar-refractivity contribution in [2.75, 3.05) is 32.1 Å². The van der Waals surface area contributed by atoms with Crippen LogP contribution in [0.3, 0.4) is 0 Å². The highest BCUT2D eigenvalue weighted by molar-refractivity contribution is 6.06. The fourth-order valence-corrected chi connectivity index (χ4v) is 15.6. The fraction of sp³-hybridized carbons (Fsp3) is 0.507. The number of ether oxygens (including phenoxy) is 1. The molecule has 11 rings (SSSR count). The standard InChI is InChI=1S/C69H84N4O8/c1-4-10-55-50-31-44(30-47-16-19-54(45-11-6-5-7-12-45)56-38-60(76)61(81-3)35-48(56)17-20-59(75)66(79)65(78)57(47)34-50)29-43-21-28-71-63(32-43)73-52-18-15-46-13-14-49(64(77)58(46)37-52)33-53(74)41-70-39-42(2)51-36-62(72-40-51)69(67(55)80)26-24-68(25-27-69)22-8-9-23-68/h5-7,11-15,18,21,32,35-38,40,42,44,47,50,53-55,57,66-67,70-74,76-77,79-80H,4,8-10,17,20,22-31,33-34,39,41H2,1-3H3. The van der Waals surface area contributed by atoms with Crippen LogP contribution in [-0.4, -0.2) is 87.1 Å². The molecular formula is C69H84N4O8. The molecule has 4 aliphatic carbocycles. The molecule has 428 valence electrons. The Hall–Kier alpha value is -6.36. The highest BCUT2D eigenvalue weighted by Crippen LogP contribution is 2.58. The molecule has 0 amide bonds. The van der Waals surface area contributed by atoms with Gasteiger partial charge in [0, 0.05) is 72.7 Å². The molecule has 6 aliphatic rings. The zero-order valence-electron chi connectivity index (χ0n) is 47.6. The van der Waals surface area contributed by atoms with Crippen molar-refractivity contribution >= 4 is 28.0 Å². The number of allylic oxidation sites excluding steroid dienone is 2. The lowest BCUT2D eigenvalue weighted by molar-refractivity contribution is -0.142. The van der Waals surface area contributed by atoms with Crippen LogP contribution in [0.4, 0.5) is 5.69 Å². The Morgan fingerprint density at radius 1 is 0.802 bits per heavy atom. The number of dihydropyridines is 1. The number of methoxy groups -OCH3 is 1. The minimum Gasteiger partial charge on any atom is -0.507 e. The lowest BCUT2D eigenvalue weighted by Gasteiger charge is -2.50. The zero-order chi connectivity index (χ0) is 56.4. The van der Waals surface area contributed by atoms with Crippen LogP contribution in [-0.2, 0) is 27.8 Å². The number of aromatic nitrogens is 1. The number of ketones is 2. The van der Waals surface area contributed by atoms with E-state index in [9.17, 15) is 30.3 Å². The van der Waals surface area contributed by atoms with Gasteiger partial charge in [-0.3, -0.25) is 9.59 Å². The number of Topliss-reactive ketones (excluding diaryl/α,β-unsaturated/α-hetero) is 2. The molecule has 3 heterocycles. The van der Waals surface area contributed by atoms with Gasteiger partial charge in [-0.1, -0.05) is 99.6 Å². The van der Waals surface area contributed by atoms with Gasteiger partial charge in [0.05, 0.1) is 25.2 Å². The lowest BCUT2D eigenvalue weighted by Crippen LogP contribution is -2.50. The molecule has 2 aliphatic heterocycles. The predicted octanol–water partition coefficient (Wildman–Crippen LogP) is 11.1. The first-order valence-electron chi connectivity index (χ1n) is 30.4. The van der Waals surface area contributed by atoms with Crippen molar-refractivity contribution in [1.29, 1.82) is 0 Å².